The summed E-state index contributed by atoms with van der Waals surface area (Å²) in [4.78, 5) is 0. The van der Waals surface area contributed by atoms with Gasteiger partial charge in [0, 0.05) is 12.2 Å². The van der Waals surface area contributed by atoms with Crippen LogP contribution in [0.2, 0.25) is 0 Å². The highest BCUT2D eigenvalue weighted by molar-refractivity contribution is 7.80. The van der Waals surface area contributed by atoms with Gasteiger partial charge in [0.1, 0.15) is 11.6 Å². The molecule has 116 valence electrons. The zero-order valence-electron chi connectivity index (χ0n) is 12.6. The Morgan fingerprint density at radius 1 is 1.09 bits per heavy atom. The summed E-state index contributed by atoms with van der Waals surface area (Å²) in [7, 11) is 0. The minimum Gasteiger partial charge on any atom is -0.491 e. The monoisotopic (exact) mass is 318 g/mol. The number of anilines is 1. The number of hydrogen-bond donors (Lipinski definition) is 2. The molecule has 2 rings (SSSR count). The third-order valence-electron chi connectivity index (χ3n) is 2.85. The lowest BCUT2D eigenvalue weighted by Gasteiger charge is -2.12. The van der Waals surface area contributed by atoms with Gasteiger partial charge in [-0.3, -0.25) is 0 Å². The third kappa shape index (κ3) is 5.33. The van der Waals surface area contributed by atoms with E-state index in [1.165, 1.54) is 12.1 Å². The molecule has 0 heterocycles. The lowest BCUT2D eigenvalue weighted by Crippen LogP contribution is -2.27. The van der Waals surface area contributed by atoms with Crippen molar-refractivity contribution in [1.82, 2.24) is 5.32 Å². The van der Waals surface area contributed by atoms with Crippen LogP contribution in [0.25, 0.3) is 0 Å². The molecule has 0 spiro atoms. The highest BCUT2D eigenvalue weighted by Gasteiger charge is 2.01. The van der Waals surface area contributed by atoms with Crippen molar-refractivity contribution < 1.29 is 9.13 Å². The van der Waals surface area contributed by atoms with Crippen LogP contribution in [-0.4, -0.2) is 11.2 Å². The predicted molar refractivity (Wildman–Crippen MR) is 91.7 cm³/mol. The van der Waals surface area contributed by atoms with E-state index < -0.39 is 0 Å². The van der Waals surface area contributed by atoms with E-state index in [-0.39, 0.29) is 11.9 Å². The van der Waals surface area contributed by atoms with Gasteiger partial charge in [0.25, 0.3) is 0 Å². The van der Waals surface area contributed by atoms with E-state index in [0.29, 0.717) is 11.7 Å². The van der Waals surface area contributed by atoms with Crippen molar-refractivity contribution in [2.24, 2.45) is 0 Å². The van der Waals surface area contributed by atoms with Crippen molar-refractivity contribution in [2.45, 2.75) is 26.5 Å². The van der Waals surface area contributed by atoms with Crippen LogP contribution in [0.1, 0.15) is 19.4 Å². The number of thiocarbonyl (C=S) groups is 1. The van der Waals surface area contributed by atoms with E-state index in [0.717, 1.165) is 17.0 Å². The van der Waals surface area contributed by atoms with Crippen LogP contribution in [0, 0.1) is 5.82 Å². The van der Waals surface area contributed by atoms with Crippen molar-refractivity contribution in [2.75, 3.05) is 5.32 Å². The lowest BCUT2D eigenvalue weighted by atomic mass is 10.2. The summed E-state index contributed by atoms with van der Waals surface area (Å²) < 4.78 is 18.4. The Bertz CT molecular complexity index is 612. The number of nitrogens with one attached hydrogen (secondary N) is 2. The summed E-state index contributed by atoms with van der Waals surface area (Å²) in [6.45, 7) is 4.52. The van der Waals surface area contributed by atoms with E-state index in [2.05, 4.69) is 10.6 Å². The summed E-state index contributed by atoms with van der Waals surface area (Å²) in [6, 6.07) is 13.9. The number of ether oxygens (including phenoxy) is 1. The molecule has 0 saturated carbocycles. The molecular formula is C17H19FN2OS. The van der Waals surface area contributed by atoms with E-state index >= 15 is 0 Å². The minimum atomic E-state index is -0.242. The summed E-state index contributed by atoms with van der Waals surface area (Å²) in [5.74, 6) is 0.582. The van der Waals surface area contributed by atoms with Gasteiger partial charge in [-0.15, -0.1) is 0 Å². The second-order valence-corrected chi connectivity index (χ2v) is 5.53. The fraction of sp³-hybridized carbons (Fsp3) is 0.235. The molecule has 0 bridgehead atoms. The maximum absolute atomic E-state index is 12.8. The Kier molecular flexibility index (Phi) is 5.72. The molecular weight excluding hydrogens is 299 g/mol. The zero-order chi connectivity index (χ0) is 15.9. The van der Waals surface area contributed by atoms with Gasteiger partial charge in [-0.05, 0) is 68.0 Å². The van der Waals surface area contributed by atoms with Gasteiger partial charge in [-0.2, -0.15) is 0 Å². The fourth-order valence-electron chi connectivity index (χ4n) is 1.85. The molecule has 0 aromatic heterocycles. The van der Waals surface area contributed by atoms with Gasteiger partial charge in [-0.1, -0.05) is 12.1 Å². The van der Waals surface area contributed by atoms with Crippen LogP contribution >= 0.6 is 12.2 Å². The molecule has 2 N–H and O–H groups in total. The lowest BCUT2D eigenvalue weighted by molar-refractivity contribution is 0.242. The highest BCUT2D eigenvalue weighted by Crippen LogP contribution is 2.16. The Labute approximate surface area is 135 Å². The quantitative estimate of drug-likeness (QED) is 0.813. The molecule has 3 nitrogen and oxygen atoms in total. The van der Waals surface area contributed by atoms with Crippen molar-refractivity contribution in [3.63, 3.8) is 0 Å². The minimum absolute atomic E-state index is 0.150. The summed E-state index contributed by atoms with van der Waals surface area (Å²) >= 11 is 5.24. The number of halogens is 1. The topological polar surface area (TPSA) is 33.3 Å². The summed E-state index contributed by atoms with van der Waals surface area (Å²) in [5.41, 5.74) is 1.85. The van der Waals surface area contributed by atoms with Crippen molar-refractivity contribution in [1.29, 1.82) is 0 Å². The first-order valence-electron chi connectivity index (χ1n) is 7.09. The van der Waals surface area contributed by atoms with Crippen molar-refractivity contribution in [3.8, 4) is 5.75 Å². The van der Waals surface area contributed by atoms with Crippen LogP contribution in [0.15, 0.2) is 48.5 Å². The Morgan fingerprint density at radius 2 is 1.73 bits per heavy atom. The first-order chi connectivity index (χ1) is 10.5. The van der Waals surface area contributed by atoms with E-state index in [1.807, 2.05) is 38.1 Å². The molecule has 0 saturated heterocycles. The summed E-state index contributed by atoms with van der Waals surface area (Å²) in [6.07, 6.45) is 0.150. The molecule has 0 atom stereocenters. The zero-order valence-corrected chi connectivity index (χ0v) is 13.4. The maximum atomic E-state index is 12.8. The van der Waals surface area contributed by atoms with E-state index in [4.69, 9.17) is 17.0 Å². The fourth-order valence-corrected chi connectivity index (χ4v) is 2.04. The number of benzene rings is 2. The van der Waals surface area contributed by atoms with Crippen LogP contribution in [0.3, 0.4) is 0 Å². The van der Waals surface area contributed by atoms with Crippen molar-refractivity contribution >= 4 is 23.0 Å². The molecule has 22 heavy (non-hydrogen) atoms. The Morgan fingerprint density at radius 3 is 2.32 bits per heavy atom. The first-order valence-corrected chi connectivity index (χ1v) is 7.50. The van der Waals surface area contributed by atoms with E-state index in [1.54, 1.807) is 12.1 Å². The molecule has 0 fully saturated rings. The Hall–Kier alpha value is -2.14. The third-order valence-corrected chi connectivity index (χ3v) is 3.10. The largest absolute Gasteiger partial charge is 0.491 e. The highest BCUT2D eigenvalue weighted by atomic mass is 32.1. The molecule has 0 radical (unpaired) electrons. The average Bonchev–Trinajstić information content (AvgIpc) is 2.48. The van der Waals surface area contributed by atoms with E-state index in [9.17, 15) is 4.39 Å². The normalized spacial score (nSPS) is 10.4. The summed E-state index contributed by atoms with van der Waals surface area (Å²) in [5, 5.41) is 6.69. The SMILES string of the molecule is CC(C)Oc1ccc(NC(=S)NCc2ccc(F)cc2)cc1. The standard InChI is InChI=1S/C17H19FN2OS/c1-12(2)21-16-9-7-15(8-10-16)20-17(22)19-11-13-3-5-14(18)6-4-13/h3-10,12H,11H2,1-2H3,(H2,19,20,22). The van der Waals surface area contributed by atoms with Crippen LogP contribution < -0.4 is 15.4 Å². The van der Waals surface area contributed by atoms with Gasteiger partial charge in [0.2, 0.25) is 0 Å². The smallest absolute Gasteiger partial charge is 0.171 e. The maximum Gasteiger partial charge on any atom is 0.171 e. The van der Waals surface area contributed by atoms with Gasteiger partial charge < -0.3 is 15.4 Å². The van der Waals surface area contributed by atoms with Crippen LogP contribution in [-0.2, 0) is 6.54 Å². The predicted octanol–water partition coefficient (Wildman–Crippen LogP) is 4.10. The molecule has 2 aromatic carbocycles. The van der Waals surface area contributed by atoms with Crippen LogP contribution in [0.5, 0.6) is 5.75 Å². The molecule has 0 aliphatic heterocycles. The Balaban J connectivity index is 1.82. The van der Waals surface area contributed by atoms with Crippen LogP contribution in [0.4, 0.5) is 10.1 Å². The molecule has 0 aliphatic rings. The molecule has 0 amide bonds. The second-order valence-electron chi connectivity index (χ2n) is 5.13. The molecule has 2 aromatic rings. The average molecular weight is 318 g/mol. The van der Waals surface area contributed by atoms with Gasteiger partial charge in [0.05, 0.1) is 6.10 Å². The first kappa shape index (κ1) is 16.2. The second kappa shape index (κ2) is 7.75. The van der Waals surface area contributed by atoms with Crippen molar-refractivity contribution in [3.05, 3.63) is 59.9 Å². The molecule has 0 unspecified atom stereocenters. The van der Waals surface area contributed by atoms with Gasteiger partial charge >= 0.3 is 0 Å². The molecule has 5 heteroatoms. The number of rotatable bonds is 5. The van der Waals surface area contributed by atoms with Gasteiger partial charge in [-0.25, -0.2) is 4.39 Å². The van der Waals surface area contributed by atoms with Gasteiger partial charge in [0.15, 0.2) is 5.11 Å². The number of hydrogen-bond acceptors (Lipinski definition) is 2. The molecule has 0 aliphatic carbocycles.